The van der Waals surface area contributed by atoms with Crippen LogP contribution in [0.5, 0.6) is 0 Å². The first-order chi connectivity index (χ1) is 5.13. The molecule has 1 unspecified atom stereocenters. The molecule has 0 spiro atoms. The largest absolute Gasteiger partial charge is 0.396 e. The summed E-state index contributed by atoms with van der Waals surface area (Å²) < 4.78 is 0. The fraction of sp³-hybridized carbons (Fsp3) is 1.00. The number of hydrogen-bond donors (Lipinski definition) is 5. The molecule has 0 aliphatic heterocycles. The first-order valence-electron chi connectivity index (χ1n) is 3.48. The molecule has 5 nitrogen and oxygen atoms in total. The molecule has 0 radical (unpaired) electrons. The van der Waals surface area contributed by atoms with Crippen molar-refractivity contribution in [1.82, 2.24) is 0 Å². The topological polar surface area (TPSA) is 107 Å². The average Bonchev–Trinajstić information content (AvgIpc) is 2.02. The van der Waals surface area contributed by atoms with Crippen molar-refractivity contribution in [3.05, 3.63) is 0 Å². The number of aliphatic hydroxyl groups excluding tert-OH is 4. The molecular weight excluding hydrogens is 150 g/mol. The Morgan fingerprint density at radius 3 is 2.00 bits per heavy atom. The Bertz CT molecular complexity index is 101. The second kappa shape index (κ2) is 5.45. The van der Waals surface area contributed by atoms with E-state index in [0.29, 0.717) is 0 Å². The van der Waals surface area contributed by atoms with Gasteiger partial charge in [0.15, 0.2) is 0 Å². The Morgan fingerprint density at radius 1 is 1.09 bits per heavy atom. The van der Waals surface area contributed by atoms with Crippen LogP contribution in [0.4, 0.5) is 0 Å². The first-order valence-corrected chi connectivity index (χ1v) is 3.48. The Balaban J connectivity index is 3.70. The number of aliphatic hydroxyl groups is 4. The van der Waals surface area contributed by atoms with E-state index in [4.69, 9.17) is 26.2 Å². The monoisotopic (exact) mass is 165 g/mol. The Hall–Kier alpha value is -0.200. The van der Waals surface area contributed by atoms with Crippen molar-refractivity contribution < 1.29 is 20.4 Å². The van der Waals surface area contributed by atoms with Gasteiger partial charge in [-0.25, -0.2) is 0 Å². The van der Waals surface area contributed by atoms with Crippen LogP contribution in [-0.4, -0.2) is 51.9 Å². The summed E-state index contributed by atoms with van der Waals surface area (Å²) in [6.45, 7) is -0.334. The van der Waals surface area contributed by atoms with Gasteiger partial charge in [0.2, 0.25) is 0 Å². The number of hydrogen-bond acceptors (Lipinski definition) is 5. The third kappa shape index (κ3) is 3.64. The fourth-order valence-electron chi connectivity index (χ4n) is 0.699. The Morgan fingerprint density at radius 2 is 1.64 bits per heavy atom. The quantitative estimate of drug-likeness (QED) is 0.307. The summed E-state index contributed by atoms with van der Waals surface area (Å²) in [6.07, 6.45) is -3.47. The van der Waals surface area contributed by atoms with E-state index in [1.165, 1.54) is 0 Å². The summed E-state index contributed by atoms with van der Waals surface area (Å²) in [4.78, 5) is 0. The van der Waals surface area contributed by atoms with Gasteiger partial charge < -0.3 is 26.2 Å². The molecular formula is C6H15NO4. The van der Waals surface area contributed by atoms with Crippen LogP contribution in [0.1, 0.15) is 6.42 Å². The summed E-state index contributed by atoms with van der Waals surface area (Å²) in [7, 11) is 0. The summed E-state index contributed by atoms with van der Waals surface area (Å²) in [6, 6.07) is 0. The minimum absolute atomic E-state index is 0.0399. The van der Waals surface area contributed by atoms with Gasteiger partial charge in [0.05, 0.1) is 12.2 Å². The minimum Gasteiger partial charge on any atom is -0.396 e. The Kier molecular flexibility index (Phi) is 5.35. The molecule has 6 N–H and O–H groups in total. The molecule has 5 heteroatoms. The maximum absolute atomic E-state index is 9.03. The molecule has 0 aliphatic rings. The van der Waals surface area contributed by atoms with Crippen LogP contribution in [0.25, 0.3) is 0 Å². The van der Waals surface area contributed by atoms with E-state index < -0.39 is 18.3 Å². The van der Waals surface area contributed by atoms with E-state index in [2.05, 4.69) is 0 Å². The molecule has 0 fully saturated rings. The third-order valence-electron chi connectivity index (χ3n) is 1.45. The average molecular weight is 165 g/mol. The zero-order valence-electron chi connectivity index (χ0n) is 6.22. The van der Waals surface area contributed by atoms with E-state index in [1.54, 1.807) is 0 Å². The van der Waals surface area contributed by atoms with Crippen molar-refractivity contribution in [2.24, 2.45) is 5.73 Å². The molecule has 0 bridgehead atoms. The lowest BCUT2D eigenvalue weighted by Gasteiger charge is -2.20. The maximum Gasteiger partial charge on any atom is 0.107 e. The highest BCUT2D eigenvalue weighted by Crippen LogP contribution is 2.02. The van der Waals surface area contributed by atoms with Crippen molar-refractivity contribution in [3.63, 3.8) is 0 Å². The van der Waals surface area contributed by atoms with Crippen LogP contribution >= 0.6 is 0 Å². The smallest absolute Gasteiger partial charge is 0.107 e. The maximum atomic E-state index is 9.03. The van der Waals surface area contributed by atoms with E-state index >= 15 is 0 Å². The first kappa shape index (κ1) is 10.8. The highest BCUT2D eigenvalue weighted by atomic mass is 16.4. The minimum atomic E-state index is -1.27. The summed E-state index contributed by atoms with van der Waals surface area (Å²) in [5.74, 6) is 0. The van der Waals surface area contributed by atoms with Gasteiger partial charge >= 0.3 is 0 Å². The van der Waals surface area contributed by atoms with Gasteiger partial charge in [0.1, 0.15) is 6.10 Å². The highest BCUT2D eigenvalue weighted by Gasteiger charge is 2.22. The molecule has 0 amide bonds. The van der Waals surface area contributed by atoms with E-state index in [0.717, 1.165) is 0 Å². The van der Waals surface area contributed by atoms with Crippen molar-refractivity contribution in [3.8, 4) is 0 Å². The van der Waals surface area contributed by atoms with Crippen molar-refractivity contribution in [2.75, 3.05) is 13.2 Å². The second-order valence-electron chi connectivity index (χ2n) is 2.37. The number of nitrogens with two attached hydrogens (primary N) is 1. The molecule has 0 aromatic carbocycles. The van der Waals surface area contributed by atoms with Crippen molar-refractivity contribution in [1.29, 1.82) is 0 Å². The summed E-state index contributed by atoms with van der Waals surface area (Å²) in [5, 5.41) is 35.3. The normalized spacial score (nSPS) is 19.4. The molecule has 0 aliphatic carbocycles. The lowest BCUT2D eigenvalue weighted by molar-refractivity contribution is -0.0617. The van der Waals surface area contributed by atoms with Gasteiger partial charge in [0, 0.05) is 13.2 Å². The predicted molar refractivity (Wildman–Crippen MR) is 38.8 cm³/mol. The lowest BCUT2D eigenvalue weighted by Crippen LogP contribution is -2.41. The van der Waals surface area contributed by atoms with Crippen LogP contribution in [0.15, 0.2) is 0 Å². The van der Waals surface area contributed by atoms with Crippen LogP contribution in [0.3, 0.4) is 0 Å². The van der Waals surface area contributed by atoms with Gasteiger partial charge in [0.25, 0.3) is 0 Å². The van der Waals surface area contributed by atoms with Crippen LogP contribution < -0.4 is 5.73 Å². The molecule has 68 valence electrons. The standard InChI is InChI=1S/C6H15NO4/c7-3-5(10)6(11)4(9)1-2-8/h4-6,8-11H,1-3,7H2/t4-,5+,6?/m1/s1. The van der Waals surface area contributed by atoms with E-state index in [-0.39, 0.29) is 19.6 Å². The SMILES string of the molecule is NC[C@H](O)C(O)[C@H](O)CCO. The van der Waals surface area contributed by atoms with Gasteiger partial charge in [-0.15, -0.1) is 0 Å². The van der Waals surface area contributed by atoms with Gasteiger partial charge in [-0.3, -0.25) is 0 Å². The zero-order chi connectivity index (χ0) is 8.85. The molecule has 3 atom stereocenters. The van der Waals surface area contributed by atoms with E-state index in [9.17, 15) is 0 Å². The molecule has 0 aromatic heterocycles. The molecule has 11 heavy (non-hydrogen) atoms. The fourth-order valence-corrected chi connectivity index (χ4v) is 0.699. The third-order valence-corrected chi connectivity index (χ3v) is 1.45. The Labute approximate surface area is 65.1 Å². The van der Waals surface area contributed by atoms with Gasteiger partial charge in [-0.05, 0) is 6.42 Å². The van der Waals surface area contributed by atoms with Crippen LogP contribution in [0.2, 0.25) is 0 Å². The number of rotatable bonds is 5. The molecule has 0 heterocycles. The molecule has 0 aromatic rings. The van der Waals surface area contributed by atoms with Crippen LogP contribution in [-0.2, 0) is 0 Å². The summed E-state index contributed by atoms with van der Waals surface area (Å²) in [5.41, 5.74) is 5.02. The van der Waals surface area contributed by atoms with Crippen molar-refractivity contribution >= 4 is 0 Å². The lowest BCUT2D eigenvalue weighted by atomic mass is 10.1. The molecule has 0 rings (SSSR count). The van der Waals surface area contributed by atoms with Crippen molar-refractivity contribution in [2.45, 2.75) is 24.7 Å². The van der Waals surface area contributed by atoms with Gasteiger partial charge in [-0.1, -0.05) is 0 Å². The zero-order valence-corrected chi connectivity index (χ0v) is 6.22. The summed E-state index contributed by atoms with van der Waals surface area (Å²) >= 11 is 0. The van der Waals surface area contributed by atoms with Gasteiger partial charge in [-0.2, -0.15) is 0 Å². The molecule has 0 saturated heterocycles. The van der Waals surface area contributed by atoms with Crippen LogP contribution in [0, 0.1) is 0 Å². The molecule has 0 saturated carbocycles. The second-order valence-corrected chi connectivity index (χ2v) is 2.37. The predicted octanol–water partition coefficient (Wildman–Crippen LogP) is -2.59. The van der Waals surface area contributed by atoms with E-state index in [1.807, 2.05) is 0 Å². The highest BCUT2D eigenvalue weighted by molar-refractivity contribution is 4.75.